The van der Waals surface area contributed by atoms with Gasteiger partial charge < -0.3 is 4.43 Å². The average molecular weight is 489 g/mol. The molecule has 0 spiro atoms. The van der Waals surface area contributed by atoms with E-state index in [4.69, 9.17) is 9.26 Å². The molecule has 2 aliphatic rings. The Balaban J connectivity index is 1.68. The fourth-order valence-corrected chi connectivity index (χ4v) is 6.56. The van der Waals surface area contributed by atoms with E-state index in [9.17, 15) is 0 Å². The lowest BCUT2D eigenvalue weighted by molar-refractivity contribution is -0.179. The summed E-state index contributed by atoms with van der Waals surface area (Å²) in [4.78, 5) is 6.34. The minimum absolute atomic E-state index is 0.146. The van der Waals surface area contributed by atoms with Crippen LogP contribution in [0.3, 0.4) is 0 Å². The van der Waals surface area contributed by atoms with Gasteiger partial charge in [-0.1, -0.05) is 79.2 Å². The summed E-state index contributed by atoms with van der Waals surface area (Å²) in [6.45, 7) is 13.3. The van der Waals surface area contributed by atoms with E-state index in [0.29, 0.717) is 5.92 Å². The number of hydrogen-bond donors (Lipinski definition) is 0. The van der Waals surface area contributed by atoms with Crippen molar-refractivity contribution in [1.82, 2.24) is 5.06 Å². The highest BCUT2D eigenvalue weighted by Crippen LogP contribution is 2.55. The Labute approximate surface area is 191 Å². The van der Waals surface area contributed by atoms with E-state index in [2.05, 4.69) is 109 Å². The highest BCUT2D eigenvalue weighted by atomic mass is 79.9. The molecule has 1 saturated heterocycles. The molecule has 3 unspecified atom stereocenters. The molecule has 2 fully saturated rings. The third kappa shape index (κ3) is 4.07. The van der Waals surface area contributed by atoms with Gasteiger partial charge in [0.15, 0.2) is 8.32 Å². The first-order valence-corrected chi connectivity index (χ1v) is 14.7. The van der Waals surface area contributed by atoms with E-state index in [1.165, 1.54) is 11.1 Å². The van der Waals surface area contributed by atoms with Gasteiger partial charge >= 0.3 is 0 Å². The maximum Gasteiger partial charge on any atom is 0.192 e. The van der Waals surface area contributed by atoms with Gasteiger partial charge in [0.1, 0.15) is 0 Å². The Morgan fingerprint density at radius 2 is 1.87 bits per heavy atom. The second-order valence-corrected chi connectivity index (χ2v) is 16.1. The van der Waals surface area contributed by atoms with E-state index in [1.54, 1.807) is 0 Å². The maximum absolute atomic E-state index is 6.92. The molecule has 30 heavy (non-hydrogen) atoms. The largest absolute Gasteiger partial charge is 0.414 e. The van der Waals surface area contributed by atoms with Crippen LogP contribution in [0.1, 0.15) is 44.7 Å². The van der Waals surface area contributed by atoms with Crippen LogP contribution in [0.5, 0.6) is 0 Å². The first kappa shape index (κ1) is 22.2. The van der Waals surface area contributed by atoms with Crippen molar-refractivity contribution in [3.05, 3.63) is 70.2 Å². The quantitative estimate of drug-likeness (QED) is 0.428. The number of fused-ring (bicyclic) bond motifs is 1. The predicted octanol–water partition coefficient (Wildman–Crippen LogP) is 6.89. The van der Waals surface area contributed by atoms with Crippen LogP contribution in [0.25, 0.3) is 0 Å². The van der Waals surface area contributed by atoms with Gasteiger partial charge in [-0.05, 0) is 54.2 Å². The molecule has 5 heteroatoms. The summed E-state index contributed by atoms with van der Waals surface area (Å²) >= 11 is 3.70. The minimum Gasteiger partial charge on any atom is -0.414 e. The van der Waals surface area contributed by atoms with Crippen molar-refractivity contribution in [3.8, 4) is 0 Å². The van der Waals surface area contributed by atoms with Gasteiger partial charge in [-0.2, -0.15) is 5.06 Å². The Kier molecular flexibility index (Phi) is 6.05. The van der Waals surface area contributed by atoms with Gasteiger partial charge in [-0.3, -0.25) is 4.84 Å². The van der Waals surface area contributed by atoms with Crippen molar-refractivity contribution in [2.45, 2.75) is 69.9 Å². The van der Waals surface area contributed by atoms with Crippen molar-refractivity contribution in [1.29, 1.82) is 0 Å². The molecule has 4 rings (SSSR count). The van der Waals surface area contributed by atoms with E-state index in [0.717, 1.165) is 30.5 Å². The Hall–Kier alpha value is -0.983. The van der Waals surface area contributed by atoms with Crippen LogP contribution in [0.2, 0.25) is 18.1 Å². The Bertz CT molecular complexity index is 882. The van der Waals surface area contributed by atoms with Crippen LogP contribution in [-0.2, 0) is 21.3 Å². The number of hydrogen-bond acceptors (Lipinski definition) is 3. The molecule has 0 bridgehead atoms. The molecule has 2 aromatic carbocycles. The SMILES string of the molecule is CC(C)(C)[Si](C)(C)OC1CC2CON(Cc3ccccc3)C2(c2cccc(Br)c2)C1. The van der Waals surface area contributed by atoms with Crippen LogP contribution >= 0.6 is 15.9 Å². The van der Waals surface area contributed by atoms with Crippen molar-refractivity contribution >= 4 is 24.2 Å². The smallest absolute Gasteiger partial charge is 0.192 e. The van der Waals surface area contributed by atoms with E-state index < -0.39 is 8.32 Å². The standard InChI is InChI=1S/C25H34BrNO2Si/c1-24(2,3)30(4,5)29-23-15-21-18-28-27(17-19-10-7-6-8-11-19)25(21,16-23)20-12-9-13-22(26)14-20/h6-14,21,23H,15-18H2,1-5H3. The number of nitrogens with zero attached hydrogens (tertiary/aromatic N) is 1. The van der Waals surface area contributed by atoms with Crippen molar-refractivity contribution in [2.24, 2.45) is 5.92 Å². The van der Waals surface area contributed by atoms with Gasteiger partial charge in [0.05, 0.1) is 18.7 Å². The summed E-state index contributed by atoms with van der Waals surface area (Å²) in [6, 6.07) is 19.4. The first-order chi connectivity index (χ1) is 14.1. The van der Waals surface area contributed by atoms with E-state index >= 15 is 0 Å². The molecule has 1 aliphatic heterocycles. The van der Waals surface area contributed by atoms with Gasteiger partial charge in [-0.15, -0.1) is 0 Å². The normalized spacial score (nSPS) is 27.4. The van der Waals surface area contributed by atoms with Crippen LogP contribution in [0.15, 0.2) is 59.1 Å². The van der Waals surface area contributed by atoms with E-state index in [-0.39, 0.29) is 16.7 Å². The fraction of sp³-hybridized carbons (Fsp3) is 0.520. The summed E-state index contributed by atoms with van der Waals surface area (Å²) in [5.74, 6) is 0.435. The van der Waals surface area contributed by atoms with Gasteiger partial charge in [0.25, 0.3) is 0 Å². The molecular formula is C25H34BrNO2Si. The minimum atomic E-state index is -1.83. The fourth-order valence-electron chi connectivity index (χ4n) is 4.79. The lowest BCUT2D eigenvalue weighted by Gasteiger charge is -2.40. The number of rotatable bonds is 5. The van der Waals surface area contributed by atoms with Crippen LogP contribution < -0.4 is 0 Å². The predicted molar refractivity (Wildman–Crippen MR) is 129 cm³/mol. The zero-order valence-electron chi connectivity index (χ0n) is 18.8. The highest BCUT2D eigenvalue weighted by Gasteiger charge is 2.58. The zero-order chi connectivity index (χ0) is 21.6. The summed E-state index contributed by atoms with van der Waals surface area (Å²) in [7, 11) is -1.83. The molecular weight excluding hydrogens is 454 g/mol. The summed E-state index contributed by atoms with van der Waals surface area (Å²) in [6.07, 6.45) is 2.31. The molecule has 0 radical (unpaired) electrons. The summed E-state index contributed by atoms with van der Waals surface area (Å²) < 4.78 is 8.04. The molecule has 1 heterocycles. The van der Waals surface area contributed by atoms with Crippen LogP contribution in [0, 0.1) is 5.92 Å². The average Bonchev–Trinajstić information content (AvgIpc) is 3.18. The third-order valence-electron chi connectivity index (χ3n) is 7.40. The molecule has 1 saturated carbocycles. The Morgan fingerprint density at radius 1 is 1.13 bits per heavy atom. The van der Waals surface area contributed by atoms with Gasteiger partial charge in [0, 0.05) is 16.5 Å². The van der Waals surface area contributed by atoms with Gasteiger partial charge in [0.2, 0.25) is 0 Å². The van der Waals surface area contributed by atoms with Crippen LogP contribution in [0.4, 0.5) is 0 Å². The summed E-state index contributed by atoms with van der Waals surface area (Å²) in [5, 5.41) is 2.47. The first-order valence-electron chi connectivity index (χ1n) is 11.0. The van der Waals surface area contributed by atoms with Gasteiger partial charge in [-0.25, -0.2) is 0 Å². The second kappa shape index (κ2) is 8.17. The lowest BCUT2D eigenvalue weighted by atomic mass is 9.81. The van der Waals surface area contributed by atoms with E-state index in [1.807, 2.05) is 0 Å². The topological polar surface area (TPSA) is 21.7 Å². The molecule has 0 amide bonds. The molecule has 3 atom stereocenters. The Morgan fingerprint density at radius 3 is 2.53 bits per heavy atom. The summed E-state index contributed by atoms with van der Waals surface area (Å²) in [5.41, 5.74) is 2.46. The second-order valence-electron chi connectivity index (χ2n) is 10.4. The number of benzene rings is 2. The number of hydroxylamine groups is 2. The van der Waals surface area contributed by atoms with Crippen molar-refractivity contribution in [2.75, 3.05) is 6.61 Å². The van der Waals surface area contributed by atoms with Crippen LogP contribution in [-0.4, -0.2) is 26.1 Å². The number of halogens is 1. The van der Waals surface area contributed by atoms with Crippen molar-refractivity contribution < 1.29 is 9.26 Å². The zero-order valence-corrected chi connectivity index (χ0v) is 21.4. The third-order valence-corrected chi connectivity index (χ3v) is 12.4. The molecule has 0 aromatic heterocycles. The highest BCUT2D eigenvalue weighted by molar-refractivity contribution is 9.10. The molecule has 162 valence electrons. The lowest BCUT2D eigenvalue weighted by Crippen LogP contribution is -2.45. The maximum atomic E-state index is 6.92. The molecule has 2 aromatic rings. The monoisotopic (exact) mass is 487 g/mol. The van der Waals surface area contributed by atoms with Crippen molar-refractivity contribution in [3.63, 3.8) is 0 Å². The molecule has 3 nitrogen and oxygen atoms in total. The molecule has 0 N–H and O–H groups in total. The molecule has 1 aliphatic carbocycles.